The summed E-state index contributed by atoms with van der Waals surface area (Å²) in [5.74, 6) is -1.97. The molecule has 0 bridgehead atoms. The molecular formula is C13H18FNO3. The average Bonchev–Trinajstić information content (AvgIpc) is 2.32. The third-order valence-corrected chi connectivity index (χ3v) is 2.59. The number of aromatic carboxylic acids is 1. The Morgan fingerprint density at radius 2 is 2.11 bits per heavy atom. The Morgan fingerprint density at radius 1 is 1.39 bits per heavy atom. The fourth-order valence-electron chi connectivity index (χ4n) is 1.57. The quantitative estimate of drug-likeness (QED) is 0.580. The predicted octanol–water partition coefficient (Wildman–Crippen LogP) is 3.07. The standard InChI is InChI=1S/C13H18FNO3/c1-2-3-4-5-6-18-12-8-10(14)9(13(16)17)7-11(12)15/h7-8H,2-6,15H2,1H3,(H,16,17). The molecule has 0 aromatic heterocycles. The maximum absolute atomic E-state index is 13.4. The molecule has 0 atom stereocenters. The first kappa shape index (κ1) is 14.3. The number of anilines is 1. The molecule has 0 radical (unpaired) electrons. The number of benzene rings is 1. The molecule has 0 saturated carbocycles. The van der Waals surface area contributed by atoms with E-state index in [0.717, 1.165) is 37.8 Å². The monoisotopic (exact) mass is 255 g/mol. The summed E-state index contributed by atoms with van der Waals surface area (Å²) >= 11 is 0. The van der Waals surface area contributed by atoms with Gasteiger partial charge in [-0.1, -0.05) is 26.2 Å². The van der Waals surface area contributed by atoms with Gasteiger partial charge in [-0.15, -0.1) is 0 Å². The molecule has 5 heteroatoms. The number of nitrogen functional groups attached to an aromatic ring is 1. The molecule has 0 unspecified atom stereocenters. The van der Waals surface area contributed by atoms with Crippen molar-refractivity contribution in [1.82, 2.24) is 0 Å². The number of rotatable bonds is 7. The molecule has 0 fully saturated rings. The van der Waals surface area contributed by atoms with E-state index in [1.165, 1.54) is 0 Å². The van der Waals surface area contributed by atoms with Crippen LogP contribution >= 0.6 is 0 Å². The molecule has 0 aliphatic heterocycles. The van der Waals surface area contributed by atoms with Crippen LogP contribution in [0.3, 0.4) is 0 Å². The first-order chi connectivity index (χ1) is 8.56. The van der Waals surface area contributed by atoms with Crippen molar-refractivity contribution in [3.05, 3.63) is 23.5 Å². The first-order valence-electron chi connectivity index (χ1n) is 6.01. The van der Waals surface area contributed by atoms with E-state index in [1.807, 2.05) is 0 Å². The lowest BCUT2D eigenvalue weighted by Gasteiger charge is -2.10. The zero-order valence-electron chi connectivity index (χ0n) is 10.4. The number of carbonyl (C=O) groups is 1. The topological polar surface area (TPSA) is 72.5 Å². The van der Waals surface area contributed by atoms with Crippen molar-refractivity contribution in [2.75, 3.05) is 12.3 Å². The fourth-order valence-corrected chi connectivity index (χ4v) is 1.57. The summed E-state index contributed by atoms with van der Waals surface area (Å²) in [4.78, 5) is 10.7. The largest absolute Gasteiger partial charge is 0.491 e. The van der Waals surface area contributed by atoms with Gasteiger partial charge in [0.25, 0.3) is 0 Å². The van der Waals surface area contributed by atoms with Crippen LogP contribution in [0.15, 0.2) is 12.1 Å². The number of ether oxygens (including phenoxy) is 1. The molecule has 3 N–H and O–H groups in total. The van der Waals surface area contributed by atoms with Crippen molar-refractivity contribution >= 4 is 11.7 Å². The third-order valence-electron chi connectivity index (χ3n) is 2.59. The van der Waals surface area contributed by atoms with Gasteiger partial charge in [0.2, 0.25) is 0 Å². The Labute approximate surface area is 106 Å². The summed E-state index contributed by atoms with van der Waals surface area (Å²) in [7, 11) is 0. The van der Waals surface area contributed by atoms with Crippen LogP contribution in [0.1, 0.15) is 43.0 Å². The summed E-state index contributed by atoms with van der Waals surface area (Å²) in [5.41, 5.74) is 5.32. The second-order valence-electron chi connectivity index (χ2n) is 4.08. The lowest BCUT2D eigenvalue weighted by atomic mass is 10.1. The van der Waals surface area contributed by atoms with E-state index in [9.17, 15) is 9.18 Å². The first-order valence-corrected chi connectivity index (χ1v) is 6.01. The van der Waals surface area contributed by atoms with Crippen molar-refractivity contribution in [2.45, 2.75) is 32.6 Å². The minimum Gasteiger partial charge on any atom is -0.491 e. The molecule has 0 aliphatic carbocycles. The molecule has 4 nitrogen and oxygen atoms in total. The Bertz CT molecular complexity index is 421. The van der Waals surface area contributed by atoms with Gasteiger partial charge in [0.05, 0.1) is 17.9 Å². The van der Waals surface area contributed by atoms with E-state index in [1.54, 1.807) is 0 Å². The van der Waals surface area contributed by atoms with Gasteiger partial charge >= 0.3 is 5.97 Å². The van der Waals surface area contributed by atoms with Gasteiger partial charge in [0, 0.05) is 6.07 Å². The SMILES string of the molecule is CCCCCCOc1cc(F)c(C(=O)O)cc1N. The maximum Gasteiger partial charge on any atom is 0.338 e. The van der Waals surface area contributed by atoms with Crippen molar-refractivity contribution in [3.8, 4) is 5.75 Å². The van der Waals surface area contributed by atoms with Crippen LogP contribution in [0.25, 0.3) is 0 Å². The average molecular weight is 255 g/mol. The van der Waals surface area contributed by atoms with Crippen molar-refractivity contribution in [1.29, 1.82) is 0 Å². The van der Waals surface area contributed by atoms with Crippen LogP contribution in [0.4, 0.5) is 10.1 Å². The lowest BCUT2D eigenvalue weighted by molar-refractivity contribution is 0.0692. The van der Waals surface area contributed by atoms with Crippen molar-refractivity contribution < 1.29 is 19.0 Å². The Balaban J connectivity index is 2.62. The molecule has 0 amide bonds. The molecule has 0 saturated heterocycles. The number of hydrogen-bond acceptors (Lipinski definition) is 3. The maximum atomic E-state index is 13.4. The van der Waals surface area contributed by atoms with Gasteiger partial charge in [-0.3, -0.25) is 0 Å². The van der Waals surface area contributed by atoms with E-state index in [4.69, 9.17) is 15.6 Å². The van der Waals surface area contributed by atoms with Gasteiger partial charge in [0.15, 0.2) is 0 Å². The van der Waals surface area contributed by atoms with Crippen LogP contribution in [-0.4, -0.2) is 17.7 Å². The second-order valence-corrected chi connectivity index (χ2v) is 4.08. The number of hydrogen-bond donors (Lipinski definition) is 2. The number of carboxylic acids is 1. The molecule has 100 valence electrons. The zero-order chi connectivity index (χ0) is 13.5. The van der Waals surface area contributed by atoms with Crippen molar-refractivity contribution in [3.63, 3.8) is 0 Å². The number of halogens is 1. The molecule has 1 aromatic rings. The Morgan fingerprint density at radius 3 is 2.72 bits per heavy atom. The lowest BCUT2D eigenvalue weighted by Crippen LogP contribution is -2.06. The highest BCUT2D eigenvalue weighted by Gasteiger charge is 2.14. The summed E-state index contributed by atoms with van der Waals surface area (Å²) in [6.45, 7) is 2.56. The van der Waals surface area contributed by atoms with Crippen LogP contribution in [-0.2, 0) is 0 Å². The van der Waals surface area contributed by atoms with Gasteiger partial charge in [-0.2, -0.15) is 0 Å². The minimum absolute atomic E-state index is 0.143. The fraction of sp³-hybridized carbons (Fsp3) is 0.462. The molecule has 0 spiro atoms. The molecular weight excluding hydrogens is 237 g/mol. The van der Waals surface area contributed by atoms with Gasteiger partial charge in [-0.05, 0) is 12.5 Å². The van der Waals surface area contributed by atoms with Crippen molar-refractivity contribution in [2.24, 2.45) is 0 Å². The van der Waals surface area contributed by atoms with Gasteiger partial charge in [0.1, 0.15) is 11.6 Å². The van der Waals surface area contributed by atoms with Crippen LogP contribution in [0, 0.1) is 5.82 Å². The van der Waals surface area contributed by atoms with E-state index in [-0.39, 0.29) is 11.4 Å². The summed E-state index contributed by atoms with van der Waals surface area (Å²) < 4.78 is 18.7. The third kappa shape index (κ3) is 3.91. The number of nitrogens with two attached hydrogens (primary N) is 1. The highest BCUT2D eigenvalue weighted by atomic mass is 19.1. The molecule has 1 aromatic carbocycles. The minimum atomic E-state index is -1.34. The summed E-state index contributed by atoms with van der Waals surface area (Å²) in [6, 6.07) is 2.11. The zero-order valence-corrected chi connectivity index (χ0v) is 10.4. The van der Waals surface area contributed by atoms with E-state index >= 15 is 0 Å². The molecule has 0 heterocycles. The number of unbranched alkanes of at least 4 members (excludes halogenated alkanes) is 3. The summed E-state index contributed by atoms with van der Waals surface area (Å²) in [5, 5.41) is 8.72. The van der Waals surface area contributed by atoms with E-state index < -0.39 is 17.3 Å². The van der Waals surface area contributed by atoms with Gasteiger partial charge in [-0.25, -0.2) is 9.18 Å². The van der Waals surface area contributed by atoms with Crippen LogP contribution < -0.4 is 10.5 Å². The number of carboxylic acid groups (broad SMARTS) is 1. The molecule has 1 rings (SSSR count). The predicted molar refractivity (Wildman–Crippen MR) is 67.4 cm³/mol. The van der Waals surface area contributed by atoms with Crippen LogP contribution in [0.5, 0.6) is 5.75 Å². The smallest absolute Gasteiger partial charge is 0.338 e. The Hall–Kier alpha value is -1.78. The molecule has 18 heavy (non-hydrogen) atoms. The molecule has 0 aliphatic rings. The highest BCUT2D eigenvalue weighted by molar-refractivity contribution is 5.89. The highest BCUT2D eigenvalue weighted by Crippen LogP contribution is 2.25. The van der Waals surface area contributed by atoms with E-state index in [0.29, 0.717) is 6.61 Å². The Kier molecular flexibility index (Phi) is 5.42. The second kappa shape index (κ2) is 6.83. The van der Waals surface area contributed by atoms with E-state index in [2.05, 4.69) is 6.92 Å². The van der Waals surface area contributed by atoms with Gasteiger partial charge < -0.3 is 15.6 Å². The summed E-state index contributed by atoms with van der Waals surface area (Å²) in [6.07, 6.45) is 4.18. The van der Waals surface area contributed by atoms with Crippen LogP contribution in [0.2, 0.25) is 0 Å². The normalized spacial score (nSPS) is 10.3.